The molecule has 2 aliphatic carbocycles. The van der Waals surface area contributed by atoms with Crippen LogP contribution in [-0.4, -0.2) is 36.9 Å². The van der Waals surface area contributed by atoms with Gasteiger partial charge in [0.15, 0.2) is 6.61 Å². The van der Waals surface area contributed by atoms with Gasteiger partial charge in [0, 0.05) is 5.69 Å². The molecule has 3 amide bonds. The van der Waals surface area contributed by atoms with Gasteiger partial charge >= 0.3 is 5.97 Å². The van der Waals surface area contributed by atoms with Crippen molar-refractivity contribution in [2.24, 2.45) is 23.7 Å². The van der Waals surface area contributed by atoms with Crippen LogP contribution in [0.3, 0.4) is 0 Å². The first kappa shape index (κ1) is 22.8. The lowest BCUT2D eigenvalue weighted by molar-refractivity contribution is -0.123. The molecule has 0 radical (unpaired) electrons. The Kier molecular flexibility index (Phi) is 5.88. The van der Waals surface area contributed by atoms with Gasteiger partial charge in [-0.05, 0) is 74.6 Å². The Balaban J connectivity index is 1.21. The summed E-state index contributed by atoms with van der Waals surface area (Å²) in [4.78, 5) is 52.3. The number of hydrogen-bond donors (Lipinski definition) is 1. The van der Waals surface area contributed by atoms with E-state index in [4.69, 9.17) is 9.47 Å². The number of fused-ring (bicyclic) bond motifs is 5. The molecular weight excluding hydrogens is 448 g/mol. The van der Waals surface area contributed by atoms with E-state index >= 15 is 0 Å². The van der Waals surface area contributed by atoms with Crippen LogP contribution in [0.1, 0.15) is 30.6 Å². The summed E-state index contributed by atoms with van der Waals surface area (Å²) in [5.41, 5.74) is 2.23. The summed E-state index contributed by atoms with van der Waals surface area (Å²) in [6.45, 7) is 3.97. The van der Waals surface area contributed by atoms with Gasteiger partial charge < -0.3 is 14.8 Å². The van der Waals surface area contributed by atoms with Gasteiger partial charge in [0.1, 0.15) is 5.75 Å². The fraction of sp³-hybridized carbons (Fsp3) is 0.333. The van der Waals surface area contributed by atoms with Crippen LogP contribution in [0.15, 0.2) is 60.2 Å². The molecule has 0 spiro atoms. The largest absolute Gasteiger partial charge is 0.494 e. The Morgan fingerprint density at radius 1 is 1.06 bits per heavy atom. The van der Waals surface area contributed by atoms with Gasteiger partial charge in [-0.15, -0.1) is 0 Å². The van der Waals surface area contributed by atoms with Crippen molar-refractivity contribution in [2.45, 2.75) is 20.3 Å². The smallest absolute Gasteiger partial charge is 0.338 e. The first-order valence-electron chi connectivity index (χ1n) is 11.7. The highest BCUT2D eigenvalue weighted by molar-refractivity contribution is 6.23. The number of hydrogen-bond acceptors (Lipinski definition) is 6. The molecule has 1 N–H and O–H groups in total. The molecule has 3 aliphatic rings. The fourth-order valence-electron chi connectivity index (χ4n) is 5.51. The zero-order valence-corrected chi connectivity index (χ0v) is 19.5. The lowest BCUT2D eigenvalue weighted by Gasteiger charge is -2.19. The molecular formula is C27H26N2O6. The molecule has 180 valence electrons. The number of esters is 1. The summed E-state index contributed by atoms with van der Waals surface area (Å²) in [5, 5.41) is 2.65. The summed E-state index contributed by atoms with van der Waals surface area (Å²) in [6.07, 6.45) is 2.98. The van der Waals surface area contributed by atoms with Gasteiger partial charge in [0.25, 0.3) is 5.91 Å². The Hall–Kier alpha value is -3.94. The van der Waals surface area contributed by atoms with E-state index in [1.165, 1.54) is 22.6 Å². The molecule has 1 saturated carbocycles. The van der Waals surface area contributed by atoms with E-state index in [2.05, 4.69) is 11.4 Å². The number of benzene rings is 2. The van der Waals surface area contributed by atoms with Gasteiger partial charge in [-0.2, -0.15) is 0 Å². The van der Waals surface area contributed by atoms with Crippen molar-refractivity contribution in [3.63, 3.8) is 0 Å². The average Bonchev–Trinajstić information content (AvgIpc) is 3.49. The van der Waals surface area contributed by atoms with Gasteiger partial charge in [0.05, 0.1) is 29.7 Å². The highest BCUT2D eigenvalue weighted by atomic mass is 16.5. The number of nitrogens with zero attached hydrogens (tertiary/aromatic N) is 1. The van der Waals surface area contributed by atoms with Crippen molar-refractivity contribution in [3.05, 3.63) is 65.7 Å². The van der Waals surface area contributed by atoms with Crippen molar-refractivity contribution in [1.82, 2.24) is 0 Å². The molecule has 1 saturated heterocycles. The SMILES string of the molecule is CCOc1ccc(NC(=O)COC(=O)c2cccc(N3C(=O)[C@H]4[C@H](C3=O)[C@H]3C=C(C)[C@H]4C3)c2)cc1. The van der Waals surface area contributed by atoms with E-state index in [1.54, 1.807) is 36.4 Å². The zero-order valence-electron chi connectivity index (χ0n) is 19.5. The maximum absolute atomic E-state index is 13.2. The van der Waals surface area contributed by atoms with Crippen molar-refractivity contribution in [1.29, 1.82) is 0 Å². The number of amides is 3. The quantitative estimate of drug-likeness (QED) is 0.374. The molecule has 2 aromatic rings. The molecule has 8 heteroatoms. The Labute approximate surface area is 202 Å². The summed E-state index contributed by atoms with van der Waals surface area (Å²) in [6, 6.07) is 13.1. The molecule has 1 aliphatic heterocycles. The molecule has 0 unspecified atom stereocenters. The Morgan fingerprint density at radius 3 is 2.54 bits per heavy atom. The number of carbonyl (C=O) groups excluding carboxylic acids is 4. The molecule has 4 atom stereocenters. The summed E-state index contributed by atoms with van der Waals surface area (Å²) < 4.78 is 10.5. The molecule has 0 aromatic heterocycles. The second kappa shape index (κ2) is 9.02. The predicted molar refractivity (Wildman–Crippen MR) is 128 cm³/mol. The first-order chi connectivity index (χ1) is 16.9. The minimum absolute atomic E-state index is 0.105. The van der Waals surface area contributed by atoms with Crippen molar-refractivity contribution in [3.8, 4) is 5.75 Å². The van der Waals surface area contributed by atoms with Gasteiger partial charge in [-0.1, -0.05) is 17.7 Å². The highest BCUT2D eigenvalue weighted by Crippen LogP contribution is 2.55. The van der Waals surface area contributed by atoms with Gasteiger partial charge in [-0.3, -0.25) is 14.4 Å². The molecule has 2 fully saturated rings. The van der Waals surface area contributed by atoms with Crippen LogP contribution in [0.25, 0.3) is 0 Å². The molecule has 1 heterocycles. The van der Waals surface area contributed by atoms with Crippen LogP contribution < -0.4 is 15.0 Å². The second-order valence-electron chi connectivity index (χ2n) is 9.11. The van der Waals surface area contributed by atoms with Gasteiger partial charge in [0.2, 0.25) is 11.8 Å². The van der Waals surface area contributed by atoms with E-state index < -0.39 is 18.5 Å². The highest BCUT2D eigenvalue weighted by Gasteiger charge is 2.60. The average molecular weight is 475 g/mol. The lowest BCUT2D eigenvalue weighted by atomic mass is 9.82. The van der Waals surface area contributed by atoms with Crippen LogP contribution in [0.4, 0.5) is 11.4 Å². The minimum Gasteiger partial charge on any atom is -0.494 e. The summed E-state index contributed by atoms with van der Waals surface area (Å²) >= 11 is 0. The van der Waals surface area contributed by atoms with Crippen LogP contribution >= 0.6 is 0 Å². The van der Waals surface area contributed by atoms with Crippen molar-refractivity contribution >= 4 is 35.1 Å². The monoisotopic (exact) mass is 474 g/mol. The zero-order chi connectivity index (χ0) is 24.7. The number of allylic oxidation sites excluding steroid dienone is 2. The van der Waals surface area contributed by atoms with E-state index in [0.717, 1.165) is 6.42 Å². The molecule has 2 aromatic carbocycles. The fourth-order valence-corrected chi connectivity index (χ4v) is 5.51. The number of ether oxygens (including phenoxy) is 2. The number of imide groups is 1. The van der Waals surface area contributed by atoms with Crippen molar-refractivity contribution in [2.75, 3.05) is 23.4 Å². The predicted octanol–water partition coefficient (Wildman–Crippen LogP) is 3.58. The Morgan fingerprint density at radius 2 is 1.80 bits per heavy atom. The molecule has 2 bridgehead atoms. The molecule has 5 rings (SSSR count). The summed E-state index contributed by atoms with van der Waals surface area (Å²) in [5.74, 6) is -1.36. The molecule has 35 heavy (non-hydrogen) atoms. The number of carbonyl (C=O) groups is 4. The normalized spacial score (nSPS) is 24.3. The first-order valence-corrected chi connectivity index (χ1v) is 11.7. The van der Waals surface area contributed by atoms with Crippen LogP contribution in [0.5, 0.6) is 5.75 Å². The van der Waals surface area contributed by atoms with E-state index in [1.807, 2.05) is 13.8 Å². The number of nitrogens with one attached hydrogen (secondary N) is 1. The molecule has 8 nitrogen and oxygen atoms in total. The third-order valence-electron chi connectivity index (χ3n) is 7.00. The van der Waals surface area contributed by atoms with Crippen molar-refractivity contribution < 1.29 is 28.7 Å². The van der Waals surface area contributed by atoms with Gasteiger partial charge in [-0.25, -0.2) is 9.69 Å². The third kappa shape index (κ3) is 4.09. The number of rotatable bonds is 7. The maximum atomic E-state index is 13.2. The number of anilines is 2. The van der Waals surface area contributed by atoms with Crippen LogP contribution in [0, 0.1) is 23.7 Å². The topological polar surface area (TPSA) is 102 Å². The standard InChI is InChI=1S/C27H26N2O6/c1-3-34-20-9-7-18(8-10-20)28-22(30)14-35-27(33)16-5-4-6-19(12-16)29-25(31)23-17-11-15(2)21(13-17)24(23)26(29)32/h4-12,17,21,23-24H,3,13-14H2,1-2H3,(H,28,30)/t17-,21+,23+,24+/m0/s1. The lowest BCUT2D eigenvalue weighted by Crippen LogP contribution is -2.33. The Bertz CT molecular complexity index is 1230. The van der Waals surface area contributed by atoms with E-state index in [0.29, 0.717) is 23.7 Å². The van der Waals surface area contributed by atoms with Crippen LogP contribution in [-0.2, 0) is 19.1 Å². The maximum Gasteiger partial charge on any atom is 0.338 e. The summed E-state index contributed by atoms with van der Waals surface area (Å²) in [7, 11) is 0. The third-order valence-corrected chi connectivity index (χ3v) is 7.00. The van der Waals surface area contributed by atoms with E-state index in [9.17, 15) is 19.2 Å². The second-order valence-corrected chi connectivity index (χ2v) is 9.11. The minimum atomic E-state index is -0.717. The van der Waals surface area contributed by atoms with Crippen LogP contribution in [0.2, 0.25) is 0 Å². The van der Waals surface area contributed by atoms with E-state index in [-0.39, 0.29) is 41.0 Å².